The molecule has 0 heterocycles. The van der Waals surface area contributed by atoms with Crippen LogP contribution in [0.3, 0.4) is 0 Å². The third-order valence-corrected chi connectivity index (χ3v) is 2.88. The second kappa shape index (κ2) is 4.80. The predicted molar refractivity (Wildman–Crippen MR) is 65.2 cm³/mol. The molecule has 0 spiro atoms. The highest BCUT2D eigenvalue weighted by atomic mass is 16.5. The van der Waals surface area contributed by atoms with Gasteiger partial charge in [0.15, 0.2) is 0 Å². The van der Waals surface area contributed by atoms with Crippen LogP contribution in [0.4, 0.5) is 0 Å². The average molecular weight is 206 g/mol. The van der Waals surface area contributed by atoms with Crippen LogP contribution < -0.4 is 0 Å². The first-order valence-electron chi connectivity index (χ1n) is 5.66. The van der Waals surface area contributed by atoms with Gasteiger partial charge >= 0.3 is 0 Å². The summed E-state index contributed by atoms with van der Waals surface area (Å²) >= 11 is 0. The van der Waals surface area contributed by atoms with Gasteiger partial charge in [-0.15, -0.1) is 0 Å². The highest BCUT2D eigenvalue weighted by Gasteiger charge is 2.28. The second-order valence-electron chi connectivity index (χ2n) is 4.90. The molecule has 0 aromatic heterocycles. The highest BCUT2D eigenvalue weighted by molar-refractivity contribution is 5.21. The fourth-order valence-corrected chi connectivity index (χ4v) is 1.85. The van der Waals surface area contributed by atoms with Crippen molar-refractivity contribution in [1.29, 1.82) is 0 Å². The molecule has 1 aromatic carbocycles. The Bertz CT molecular complexity index is 287. The Balaban J connectivity index is 2.79. The van der Waals surface area contributed by atoms with Gasteiger partial charge in [-0.05, 0) is 33.3 Å². The van der Waals surface area contributed by atoms with E-state index < -0.39 is 0 Å². The molecule has 0 bridgehead atoms. The fraction of sp³-hybridized carbons (Fsp3) is 0.571. The summed E-state index contributed by atoms with van der Waals surface area (Å²) in [6.07, 6.45) is 0.270. The van der Waals surface area contributed by atoms with E-state index in [1.807, 2.05) is 6.07 Å². The van der Waals surface area contributed by atoms with Gasteiger partial charge in [-0.2, -0.15) is 0 Å². The van der Waals surface area contributed by atoms with Crippen molar-refractivity contribution in [3.63, 3.8) is 0 Å². The molecule has 0 amide bonds. The van der Waals surface area contributed by atoms with E-state index >= 15 is 0 Å². The zero-order valence-corrected chi connectivity index (χ0v) is 10.4. The Kier molecular flexibility index (Phi) is 3.92. The Morgan fingerprint density at radius 3 is 2.00 bits per heavy atom. The first kappa shape index (κ1) is 12.3. The van der Waals surface area contributed by atoms with Gasteiger partial charge in [-0.25, -0.2) is 0 Å². The summed E-state index contributed by atoms with van der Waals surface area (Å²) in [7, 11) is 0. The van der Waals surface area contributed by atoms with Crippen LogP contribution in [-0.2, 0) is 4.74 Å². The summed E-state index contributed by atoms with van der Waals surface area (Å²) in [5, 5.41) is 0. The van der Waals surface area contributed by atoms with Crippen LogP contribution in [0.5, 0.6) is 0 Å². The van der Waals surface area contributed by atoms with Crippen molar-refractivity contribution < 1.29 is 4.74 Å². The Morgan fingerprint density at radius 1 is 1.00 bits per heavy atom. The minimum atomic E-state index is -0.116. The number of ether oxygens (including phenoxy) is 1. The van der Waals surface area contributed by atoms with Crippen LogP contribution in [0.1, 0.15) is 46.1 Å². The van der Waals surface area contributed by atoms with Crippen LogP contribution in [0.15, 0.2) is 30.3 Å². The molecule has 1 atom stereocenters. The fourth-order valence-electron chi connectivity index (χ4n) is 1.85. The molecule has 1 rings (SSSR count). The van der Waals surface area contributed by atoms with Gasteiger partial charge in [0.1, 0.15) is 0 Å². The van der Waals surface area contributed by atoms with Crippen LogP contribution in [0.25, 0.3) is 0 Å². The third kappa shape index (κ3) is 3.35. The lowest BCUT2D eigenvalue weighted by atomic mass is 9.86. The molecule has 1 nitrogen and oxygen atoms in total. The van der Waals surface area contributed by atoms with E-state index in [0.29, 0.717) is 5.92 Å². The van der Waals surface area contributed by atoms with E-state index in [1.54, 1.807) is 0 Å². The largest absolute Gasteiger partial charge is 0.372 e. The minimum Gasteiger partial charge on any atom is -0.372 e. The number of benzene rings is 1. The molecule has 0 saturated heterocycles. The quantitative estimate of drug-likeness (QED) is 0.723. The number of rotatable bonds is 4. The van der Waals surface area contributed by atoms with Gasteiger partial charge in [-0.3, -0.25) is 0 Å². The standard InChI is InChI=1S/C14H22O/c1-11(2)15-14(4,5)12(3)13-9-7-6-8-10-13/h6-12H,1-5H3/t12-/m0/s1. The summed E-state index contributed by atoms with van der Waals surface area (Å²) in [4.78, 5) is 0. The van der Waals surface area contributed by atoms with Crippen LogP contribution in [-0.4, -0.2) is 11.7 Å². The molecule has 0 unspecified atom stereocenters. The molecule has 0 radical (unpaired) electrons. The Labute approximate surface area is 93.5 Å². The van der Waals surface area contributed by atoms with Gasteiger partial charge in [0.25, 0.3) is 0 Å². The van der Waals surface area contributed by atoms with Crippen molar-refractivity contribution in [2.75, 3.05) is 0 Å². The third-order valence-electron chi connectivity index (χ3n) is 2.88. The smallest absolute Gasteiger partial charge is 0.0695 e. The summed E-state index contributed by atoms with van der Waals surface area (Å²) in [6, 6.07) is 10.5. The molecule has 0 aliphatic heterocycles. The molecule has 0 fully saturated rings. The average Bonchev–Trinajstić information content (AvgIpc) is 2.16. The van der Waals surface area contributed by atoms with Crippen molar-refractivity contribution in [2.45, 2.75) is 52.2 Å². The predicted octanol–water partition coefficient (Wildman–Crippen LogP) is 3.99. The lowest BCUT2D eigenvalue weighted by molar-refractivity contribution is -0.0693. The lowest BCUT2D eigenvalue weighted by Gasteiger charge is -2.34. The van der Waals surface area contributed by atoms with Gasteiger partial charge in [0, 0.05) is 5.92 Å². The van der Waals surface area contributed by atoms with Gasteiger partial charge in [0.05, 0.1) is 11.7 Å². The van der Waals surface area contributed by atoms with Crippen molar-refractivity contribution in [1.82, 2.24) is 0 Å². The number of hydrogen-bond donors (Lipinski definition) is 0. The van der Waals surface area contributed by atoms with E-state index in [1.165, 1.54) is 5.56 Å². The maximum absolute atomic E-state index is 5.95. The van der Waals surface area contributed by atoms with E-state index in [2.05, 4.69) is 58.9 Å². The molecular weight excluding hydrogens is 184 g/mol. The van der Waals surface area contributed by atoms with Gasteiger partial charge < -0.3 is 4.74 Å². The molecule has 0 aliphatic rings. The Morgan fingerprint density at radius 2 is 1.53 bits per heavy atom. The van der Waals surface area contributed by atoms with Crippen molar-refractivity contribution in [3.8, 4) is 0 Å². The van der Waals surface area contributed by atoms with Gasteiger partial charge in [0.2, 0.25) is 0 Å². The zero-order valence-electron chi connectivity index (χ0n) is 10.4. The SMILES string of the molecule is CC(C)OC(C)(C)[C@@H](C)c1ccccc1. The molecule has 0 N–H and O–H groups in total. The summed E-state index contributed by atoms with van der Waals surface area (Å²) in [6.45, 7) is 10.7. The van der Waals surface area contributed by atoms with Crippen LogP contribution in [0, 0.1) is 0 Å². The van der Waals surface area contributed by atoms with E-state index in [9.17, 15) is 0 Å². The second-order valence-corrected chi connectivity index (χ2v) is 4.90. The summed E-state index contributed by atoms with van der Waals surface area (Å²) in [5.41, 5.74) is 1.22. The van der Waals surface area contributed by atoms with Crippen LogP contribution >= 0.6 is 0 Å². The molecule has 0 saturated carbocycles. The summed E-state index contributed by atoms with van der Waals surface area (Å²) in [5.74, 6) is 0.404. The van der Waals surface area contributed by atoms with E-state index in [-0.39, 0.29) is 11.7 Å². The van der Waals surface area contributed by atoms with E-state index in [0.717, 1.165) is 0 Å². The van der Waals surface area contributed by atoms with Crippen LogP contribution in [0.2, 0.25) is 0 Å². The Hall–Kier alpha value is -0.820. The molecule has 84 valence electrons. The highest BCUT2D eigenvalue weighted by Crippen LogP contribution is 2.31. The summed E-state index contributed by atoms with van der Waals surface area (Å²) < 4.78 is 5.95. The zero-order chi connectivity index (χ0) is 11.5. The van der Waals surface area contributed by atoms with Crippen molar-refractivity contribution >= 4 is 0 Å². The maximum Gasteiger partial charge on any atom is 0.0695 e. The molecule has 1 heteroatoms. The maximum atomic E-state index is 5.95. The monoisotopic (exact) mass is 206 g/mol. The molecule has 0 aliphatic carbocycles. The van der Waals surface area contributed by atoms with Crippen molar-refractivity contribution in [2.24, 2.45) is 0 Å². The first-order valence-corrected chi connectivity index (χ1v) is 5.66. The van der Waals surface area contributed by atoms with Crippen molar-refractivity contribution in [3.05, 3.63) is 35.9 Å². The van der Waals surface area contributed by atoms with E-state index in [4.69, 9.17) is 4.74 Å². The minimum absolute atomic E-state index is 0.116. The molecule has 15 heavy (non-hydrogen) atoms. The first-order chi connectivity index (χ1) is 6.93. The normalized spacial score (nSPS) is 14.3. The van der Waals surface area contributed by atoms with Gasteiger partial charge in [-0.1, -0.05) is 37.3 Å². The molecular formula is C14H22O. The molecule has 1 aromatic rings. The lowest BCUT2D eigenvalue weighted by Crippen LogP contribution is -2.33. The number of hydrogen-bond acceptors (Lipinski definition) is 1. The topological polar surface area (TPSA) is 9.23 Å².